The van der Waals surface area contributed by atoms with Crippen LogP contribution in [0.4, 0.5) is 5.69 Å². The first-order valence-corrected chi connectivity index (χ1v) is 6.15. The molecule has 1 aromatic rings. The van der Waals surface area contributed by atoms with Crippen LogP contribution < -0.4 is 5.32 Å². The second-order valence-corrected chi connectivity index (χ2v) is 4.57. The van der Waals surface area contributed by atoms with Gasteiger partial charge in [0.2, 0.25) is 5.91 Å². The van der Waals surface area contributed by atoms with Gasteiger partial charge in [-0.05, 0) is 32.9 Å². The molecular formula is C14H19NO4. The van der Waals surface area contributed by atoms with Crippen molar-refractivity contribution >= 4 is 17.6 Å². The summed E-state index contributed by atoms with van der Waals surface area (Å²) in [5, 5.41) is 11.7. The van der Waals surface area contributed by atoms with Crippen LogP contribution in [0.1, 0.15) is 36.2 Å². The maximum Gasteiger partial charge on any atom is 0.337 e. The van der Waals surface area contributed by atoms with Crippen molar-refractivity contribution in [2.75, 3.05) is 11.9 Å². The molecule has 1 rings (SSSR count). The molecule has 0 heterocycles. The molecule has 1 amide bonds. The van der Waals surface area contributed by atoms with Crippen LogP contribution in [0.15, 0.2) is 18.2 Å². The Morgan fingerprint density at radius 3 is 2.63 bits per heavy atom. The van der Waals surface area contributed by atoms with Gasteiger partial charge in [0.25, 0.3) is 0 Å². The molecule has 104 valence electrons. The Hall–Kier alpha value is -1.88. The van der Waals surface area contributed by atoms with Crippen LogP contribution >= 0.6 is 0 Å². The first-order valence-electron chi connectivity index (χ1n) is 6.15. The van der Waals surface area contributed by atoms with E-state index in [1.807, 2.05) is 13.8 Å². The van der Waals surface area contributed by atoms with Crippen molar-refractivity contribution in [2.45, 2.75) is 33.3 Å². The minimum atomic E-state index is -1.06. The first kappa shape index (κ1) is 15.2. The second kappa shape index (κ2) is 6.89. The lowest BCUT2D eigenvalue weighted by atomic mass is 10.1. The van der Waals surface area contributed by atoms with Gasteiger partial charge < -0.3 is 15.2 Å². The second-order valence-electron chi connectivity index (χ2n) is 4.57. The molecular weight excluding hydrogens is 246 g/mol. The summed E-state index contributed by atoms with van der Waals surface area (Å²) in [4.78, 5) is 22.8. The molecule has 0 saturated carbocycles. The van der Waals surface area contributed by atoms with Crippen LogP contribution in [0.5, 0.6) is 0 Å². The van der Waals surface area contributed by atoms with E-state index in [1.54, 1.807) is 19.1 Å². The Labute approximate surface area is 112 Å². The van der Waals surface area contributed by atoms with E-state index in [4.69, 9.17) is 9.84 Å². The van der Waals surface area contributed by atoms with Crippen molar-refractivity contribution in [2.24, 2.45) is 0 Å². The van der Waals surface area contributed by atoms with Gasteiger partial charge in [-0.15, -0.1) is 0 Å². The van der Waals surface area contributed by atoms with Crippen molar-refractivity contribution in [3.63, 3.8) is 0 Å². The van der Waals surface area contributed by atoms with Crippen molar-refractivity contribution < 1.29 is 19.4 Å². The standard InChI is InChI=1S/C14H19NO4/c1-9(2)19-7-6-13(16)15-12-5-4-10(3)8-11(12)14(17)18/h4-5,8-9H,6-7H2,1-3H3,(H,15,16)(H,17,18). The molecule has 0 aromatic heterocycles. The minimum absolute atomic E-state index is 0.0711. The molecule has 0 unspecified atom stereocenters. The van der Waals surface area contributed by atoms with Gasteiger partial charge in [-0.25, -0.2) is 4.79 Å². The highest BCUT2D eigenvalue weighted by atomic mass is 16.5. The lowest BCUT2D eigenvalue weighted by molar-refractivity contribution is -0.117. The summed E-state index contributed by atoms with van der Waals surface area (Å²) in [6, 6.07) is 4.88. The summed E-state index contributed by atoms with van der Waals surface area (Å²) < 4.78 is 5.27. The Balaban J connectivity index is 2.66. The van der Waals surface area contributed by atoms with E-state index >= 15 is 0 Å². The fourth-order valence-corrected chi connectivity index (χ4v) is 1.54. The number of hydrogen-bond donors (Lipinski definition) is 2. The smallest absolute Gasteiger partial charge is 0.337 e. The van der Waals surface area contributed by atoms with Crippen molar-refractivity contribution in [3.8, 4) is 0 Å². The third kappa shape index (κ3) is 5.09. The Kier molecular flexibility index (Phi) is 5.51. The molecule has 0 fully saturated rings. The van der Waals surface area contributed by atoms with E-state index in [1.165, 1.54) is 6.07 Å². The SMILES string of the molecule is Cc1ccc(NC(=O)CCOC(C)C)c(C(=O)O)c1. The molecule has 5 heteroatoms. The number of hydrogen-bond acceptors (Lipinski definition) is 3. The van der Waals surface area contributed by atoms with E-state index in [2.05, 4.69) is 5.32 Å². The largest absolute Gasteiger partial charge is 0.478 e. The van der Waals surface area contributed by atoms with Crippen LogP contribution in [0, 0.1) is 6.92 Å². The quantitative estimate of drug-likeness (QED) is 0.828. The summed E-state index contributed by atoms with van der Waals surface area (Å²) >= 11 is 0. The average molecular weight is 265 g/mol. The summed E-state index contributed by atoms with van der Waals surface area (Å²) in [5.74, 6) is -1.32. The topological polar surface area (TPSA) is 75.6 Å². The molecule has 0 radical (unpaired) electrons. The van der Waals surface area contributed by atoms with Crippen molar-refractivity contribution in [1.82, 2.24) is 0 Å². The van der Waals surface area contributed by atoms with E-state index in [0.717, 1.165) is 5.56 Å². The molecule has 5 nitrogen and oxygen atoms in total. The minimum Gasteiger partial charge on any atom is -0.478 e. The van der Waals surface area contributed by atoms with Gasteiger partial charge in [0.15, 0.2) is 0 Å². The van der Waals surface area contributed by atoms with Crippen LogP contribution in [-0.2, 0) is 9.53 Å². The summed E-state index contributed by atoms with van der Waals surface area (Å²) in [7, 11) is 0. The molecule has 0 bridgehead atoms. The maximum absolute atomic E-state index is 11.7. The molecule has 0 aliphatic heterocycles. The highest BCUT2D eigenvalue weighted by Crippen LogP contribution is 2.17. The highest BCUT2D eigenvalue weighted by molar-refractivity contribution is 6.00. The highest BCUT2D eigenvalue weighted by Gasteiger charge is 2.12. The van der Waals surface area contributed by atoms with E-state index in [9.17, 15) is 9.59 Å². The number of aryl methyl sites for hydroxylation is 1. The van der Waals surface area contributed by atoms with Gasteiger partial charge in [-0.3, -0.25) is 4.79 Å². The molecule has 0 atom stereocenters. The van der Waals surface area contributed by atoms with Crippen LogP contribution in [0.2, 0.25) is 0 Å². The van der Waals surface area contributed by atoms with Crippen LogP contribution in [0.3, 0.4) is 0 Å². The van der Waals surface area contributed by atoms with Gasteiger partial charge in [0.1, 0.15) is 0 Å². The number of carboxylic acid groups (broad SMARTS) is 1. The number of carboxylic acids is 1. The predicted octanol–water partition coefficient (Wildman–Crippen LogP) is 2.45. The number of carbonyl (C=O) groups is 2. The number of amides is 1. The van der Waals surface area contributed by atoms with E-state index < -0.39 is 5.97 Å². The van der Waals surface area contributed by atoms with Gasteiger partial charge >= 0.3 is 5.97 Å². The lowest BCUT2D eigenvalue weighted by Gasteiger charge is -2.10. The fourth-order valence-electron chi connectivity index (χ4n) is 1.54. The predicted molar refractivity (Wildman–Crippen MR) is 72.5 cm³/mol. The summed E-state index contributed by atoms with van der Waals surface area (Å²) in [5.41, 5.74) is 1.24. The molecule has 19 heavy (non-hydrogen) atoms. The Morgan fingerprint density at radius 2 is 2.05 bits per heavy atom. The zero-order valence-corrected chi connectivity index (χ0v) is 11.4. The third-order valence-electron chi connectivity index (χ3n) is 2.46. The molecule has 0 aliphatic carbocycles. The zero-order valence-electron chi connectivity index (χ0n) is 11.4. The lowest BCUT2D eigenvalue weighted by Crippen LogP contribution is -2.17. The zero-order chi connectivity index (χ0) is 14.4. The number of ether oxygens (including phenoxy) is 1. The molecule has 0 aliphatic rings. The number of carbonyl (C=O) groups excluding carboxylic acids is 1. The summed E-state index contributed by atoms with van der Waals surface area (Å²) in [6.45, 7) is 5.90. The maximum atomic E-state index is 11.7. The Morgan fingerprint density at radius 1 is 1.37 bits per heavy atom. The summed E-state index contributed by atoms with van der Waals surface area (Å²) in [6.07, 6.45) is 0.271. The molecule has 1 aromatic carbocycles. The normalized spacial score (nSPS) is 10.5. The molecule has 0 spiro atoms. The Bertz CT molecular complexity index is 469. The van der Waals surface area contributed by atoms with Crippen LogP contribution in [-0.4, -0.2) is 29.7 Å². The average Bonchev–Trinajstić information content (AvgIpc) is 2.30. The number of anilines is 1. The third-order valence-corrected chi connectivity index (χ3v) is 2.46. The molecule has 0 saturated heterocycles. The monoisotopic (exact) mass is 265 g/mol. The van der Waals surface area contributed by atoms with Gasteiger partial charge in [-0.2, -0.15) is 0 Å². The van der Waals surface area contributed by atoms with E-state index in [-0.39, 0.29) is 24.0 Å². The van der Waals surface area contributed by atoms with Crippen LogP contribution in [0.25, 0.3) is 0 Å². The number of benzene rings is 1. The molecule has 2 N–H and O–H groups in total. The first-order chi connectivity index (χ1) is 8.90. The van der Waals surface area contributed by atoms with Crippen molar-refractivity contribution in [3.05, 3.63) is 29.3 Å². The van der Waals surface area contributed by atoms with Gasteiger partial charge in [0, 0.05) is 0 Å². The van der Waals surface area contributed by atoms with Gasteiger partial charge in [-0.1, -0.05) is 11.6 Å². The van der Waals surface area contributed by atoms with E-state index in [0.29, 0.717) is 12.3 Å². The number of nitrogens with one attached hydrogen (secondary N) is 1. The fraction of sp³-hybridized carbons (Fsp3) is 0.429. The number of rotatable bonds is 6. The van der Waals surface area contributed by atoms with Crippen molar-refractivity contribution in [1.29, 1.82) is 0 Å². The number of aromatic carboxylic acids is 1. The van der Waals surface area contributed by atoms with Gasteiger partial charge in [0.05, 0.1) is 30.4 Å².